The lowest BCUT2D eigenvalue weighted by molar-refractivity contribution is 0.0933. The molecule has 1 saturated heterocycles. The van der Waals surface area contributed by atoms with Crippen molar-refractivity contribution in [2.45, 2.75) is 71.0 Å². The number of aromatic amines is 1. The van der Waals surface area contributed by atoms with Gasteiger partial charge >= 0.3 is 0 Å². The summed E-state index contributed by atoms with van der Waals surface area (Å²) in [5, 5.41) is 14.4. The number of para-hydroxylation sites is 1. The number of nitrogens with zero attached hydrogens (tertiary/aromatic N) is 4. The summed E-state index contributed by atoms with van der Waals surface area (Å²) in [6, 6.07) is 9.32. The molecule has 0 aliphatic carbocycles. The maximum Gasteiger partial charge on any atom is 0.282 e. The molecule has 0 bridgehead atoms. The van der Waals surface area contributed by atoms with Gasteiger partial charge in [-0.25, -0.2) is 0 Å². The Labute approximate surface area is 200 Å². The number of likely N-dealkylation sites (N-methyl/N-ethyl adjacent to an activating group) is 1. The van der Waals surface area contributed by atoms with Crippen LogP contribution in [0.3, 0.4) is 0 Å². The maximum absolute atomic E-state index is 13.1. The summed E-state index contributed by atoms with van der Waals surface area (Å²) in [5.74, 6) is -0.117. The molecule has 2 unspecified atom stereocenters. The molecule has 1 aliphatic heterocycles. The largest absolute Gasteiger partial charge is 0.361 e. The van der Waals surface area contributed by atoms with E-state index in [0.29, 0.717) is 17.1 Å². The standard InChI is InChI=1S/C25H36N6OS/c1-5-7-10-19(13-18-14-26-22-12-9-8-11-21(18)22)27-23(32)24-28-29-25(33-24)31-15-17(3)30(4)20(6-2)16-31/h8-9,11-12,14,17,19-20,26H,5-7,10,13,15-16H2,1-4H3,(H,27,32)/t17-,19?,20?/m1/s1. The predicted molar refractivity (Wildman–Crippen MR) is 136 cm³/mol. The van der Waals surface area contributed by atoms with Gasteiger partial charge in [0.2, 0.25) is 10.1 Å². The van der Waals surface area contributed by atoms with Gasteiger partial charge < -0.3 is 15.2 Å². The van der Waals surface area contributed by atoms with Crippen molar-refractivity contribution in [3.8, 4) is 0 Å². The van der Waals surface area contributed by atoms with Gasteiger partial charge in [0.15, 0.2) is 0 Å². The van der Waals surface area contributed by atoms with Crippen molar-refractivity contribution in [2.75, 3.05) is 25.0 Å². The van der Waals surface area contributed by atoms with Crippen molar-refractivity contribution in [1.82, 2.24) is 25.4 Å². The number of fused-ring (bicyclic) bond motifs is 1. The molecule has 178 valence electrons. The molecule has 1 amide bonds. The Balaban J connectivity index is 1.44. The van der Waals surface area contributed by atoms with Crippen molar-refractivity contribution in [1.29, 1.82) is 0 Å². The van der Waals surface area contributed by atoms with E-state index in [0.717, 1.165) is 55.8 Å². The van der Waals surface area contributed by atoms with Crippen LogP contribution in [-0.4, -0.2) is 64.3 Å². The molecule has 1 aromatic carbocycles. The summed E-state index contributed by atoms with van der Waals surface area (Å²) < 4.78 is 0. The Bertz CT molecular complexity index is 1060. The van der Waals surface area contributed by atoms with Gasteiger partial charge in [0, 0.05) is 48.3 Å². The fraction of sp³-hybridized carbons (Fsp3) is 0.560. The zero-order chi connectivity index (χ0) is 23.4. The number of benzene rings is 1. The van der Waals surface area contributed by atoms with E-state index >= 15 is 0 Å². The van der Waals surface area contributed by atoms with Crippen LogP contribution < -0.4 is 10.2 Å². The number of unbranched alkanes of at least 4 members (excludes halogenated alkanes) is 1. The molecular weight excluding hydrogens is 432 g/mol. The van der Waals surface area contributed by atoms with Crippen LogP contribution in [0.1, 0.15) is 61.8 Å². The molecule has 0 spiro atoms. The molecular formula is C25H36N6OS. The number of anilines is 1. The first-order valence-electron chi connectivity index (χ1n) is 12.2. The van der Waals surface area contributed by atoms with E-state index in [4.69, 9.17) is 0 Å². The molecule has 2 N–H and O–H groups in total. The van der Waals surface area contributed by atoms with Crippen molar-refractivity contribution in [3.05, 3.63) is 41.0 Å². The Kier molecular flexibility index (Phi) is 7.65. The third-order valence-electron chi connectivity index (χ3n) is 6.92. The van der Waals surface area contributed by atoms with Crippen LogP contribution in [0.25, 0.3) is 10.9 Å². The van der Waals surface area contributed by atoms with Gasteiger partial charge in [-0.1, -0.05) is 56.2 Å². The van der Waals surface area contributed by atoms with Crippen molar-refractivity contribution >= 4 is 33.3 Å². The highest BCUT2D eigenvalue weighted by atomic mass is 32.1. The molecule has 8 heteroatoms. The number of carbonyl (C=O) groups excluding carboxylic acids is 1. The molecule has 4 rings (SSSR count). The van der Waals surface area contributed by atoms with E-state index in [2.05, 4.69) is 82.5 Å². The average Bonchev–Trinajstić information content (AvgIpc) is 3.47. The zero-order valence-electron chi connectivity index (χ0n) is 20.2. The van der Waals surface area contributed by atoms with Gasteiger partial charge in [0.05, 0.1) is 0 Å². The smallest absolute Gasteiger partial charge is 0.282 e. The third-order valence-corrected chi connectivity index (χ3v) is 7.90. The second-order valence-corrected chi connectivity index (χ2v) is 10.2. The molecule has 7 nitrogen and oxygen atoms in total. The number of hydrogen-bond donors (Lipinski definition) is 2. The minimum Gasteiger partial charge on any atom is -0.361 e. The lowest BCUT2D eigenvalue weighted by atomic mass is 10.0. The van der Waals surface area contributed by atoms with Crippen LogP contribution in [0.4, 0.5) is 5.13 Å². The van der Waals surface area contributed by atoms with Crippen LogP contribution in [0.5, 0.6) is 0 Å². The van der Waals surface area contributed by atoms with Crippen LogP contribution >= 0.6 is 11.3 Å². The Morgan fingerprint density at radius 1 is 1.27 bits per heavy atom. The monoisotopic (exact) mass is 468 g/mol. The Morgan fingerprint density at radius 2 is 2.09 bits per heavy atom. The number of rotatable bonds is 9. The number of H-pyrrole nitrogens is 1. The van der Waals surface area contributed by atoms with Crippen molar-refractivity contribution < 1.29 is 4.79 Å². The second-order valence-electron chi connectivity index (χ2n) is 9.25. The highest BCUT2D eigenvalue weighted by molar-refractivity contribution is 7.17. The first-order valence-corrected chi connectivity index (χ1v) is 13.0. The fourth-order valence-electron chi connectivity index (χ4n) is 4.76. The lowest BCUT2D eigenvalue weighted by Crippen LogP contribution is -2.56. The first-order chi connectivity index (χ1) is 16.0. The van der Waals surface area contributed by atoms with E-state index in [-0.39, 0.29) is 11.9 Å². The SMILES string of the molecule is CCCCC(Cc1c[nH]c2ccccc12)NC(=O)c1nnc(N2CC(CC)N(C)[C@H](C)C2)s1. The van der Waals surface area contributed by atoms with Gasteiger partial charge in [-0.05, 0) is 44.9 Å². The molecule has 3 atom stereocenters. The van der Waals surface area contributed by atoms with Crippen molar-refractivity contribution in [2.24, 2.45) is 0 Å². The number of hydrogen-bond acceptors (Lipinski definition) is 6. The van der Waals surface area contributed by atoms with Gasteiger partial charge in [-0.15, -0.1) is 10.2 Å². The Hall–Kier alpha value is -2.45. The summed E-state index contributed by atoms with van der Waals surface area (Å²) in [5.41, 5.74) is 2.37. The topological polar surface area (TPSA) is 77.1 Å². The number of carbonyl (C=O) groups is 1. The maximum atomic E-state index is 13.1. The summed E-state index contributed by atoms with van der Waals surface area (Å²) in [4.78, 5) is 21.2. The van der Waals surface area contributed by atoms with Gasteiger partial charge in [0.1, 0.15) is 0 Å². The summed E-state index contributed by atoms with van der Waals surface area (Å²) in [7, 11) is 2.19. The highest BCUT2D eigenvalue weighted by Gasteiger charge is 2.30. The number of piperazine rings is 1. The number of aromatic nitrogens is 3. The van der Waals surface area contributed by atoms with E-state index in [9.17, 15) is 4.79 Å². The van der Waals surface area contributed by atoms with Crippen LogP contribution in [0.15, 0.2) is 30.5 Å². The fourth-order valence-corrected chi connectivity index (χ4v) is 5.53. The molecule has 3 aromatic rings. The lowest BCUT2D eigenvalue weighted by Gasteiger charge is -2.43. The summed E-state index contributed by atoms with van der Waals surface area (Å²) in [6.45, 7) is 8.48. The Morgan fingerprint density at radius 3 is 2.88 bits per heavy atom. The molecule has 0 saturated carbocycles. The first kappa shape index (κ1) is 23.7. The van der Waals surface area contributed by atoms with E-state index in [1.54, 1.807) is 0 Å². The normalized spacial score (nSPS) is 20.3. The third kappa shape index (κ3) is 5.38. The minimum absolute atomic E-state index is 0.0668. The number of amides is 1. The minimum atomic E-state index is -0.117. The van der Waals surface area contributed by atoms with Crippen molar-refractivity contribution in [3.63, 3.8) is 0 Å². The molecule has 1 fully saturated rings. The summed E-state index contributed by atoms with van der Waals surface area (Å²) >= 11 is 1.41. The molecule has 1 aliphatic rings. The second kappa shape index (κ2) is 10.7. The zero-order valence-corrected chi connectivity index (χ0v) is 21.0. The van der Waals surface area contributed by atoms with E-state index in [1.165, 1.54) is 22.3 Å². The molecule has 33 heavy (non-hydrogen) atoms. The van der Waals surface area contributed by atoms with E-state index in [1.807, 2.05) is 6.07 Å². The van der Waals surface area contributed by atoms with Crippen LogP contribution in [0.2, 0.25) is 0 Å². The summed E-state index contributed by atoms with van der Waals surface area (Å²) in [6.07, 6.45) is 7.08. The number of nitrogens with one attached hydrogen (secondary N) is 2. The molecule has 0 radical (unpaired) electrons. The van der Waals surface area contributed by atoms with Crippen LogP contribution in [-0.2, 0) is 6.42 Å². The van der Waals surface area contributed by atoms with E-state index < -0.39 is 0 Å². The van der Waals surface area contributed by atoms with Gasteiger partial charge in [-0.3, -0.25) is 9.69 Å². The van der Waals surface area contributed by atoms with Gasteiger partial charge in [0.25, 0.3) is 5.91 Å². The quantitative estimate of drug-likeness (QED) is 0.485. The van der Waals surface area contributed by atoms with Gasteiger partial charge in [-0.2, -0.15) is 0 Å². The average molecular weight is 469 g/mol. The van der Waals surface area contributed by atoms with Crippen LogP contribution in [0, 0.1) is 0 Å². The molecule has 3 heterocycles. The predicted octanol–water partition coefficient (Wildman–Crippen LogP) is 4.47. The highest BCUT2D eigenvalue weighted by Crippen LogP contribution is 2.26. The molecule has 2 aromatic heterocycles.